The normalized spacial score (nSPS) is 26.2. The second kappa shape index (κ2) is 3.78. The van der Waals surface area contributed by atoms with Crippen molar-refractivity contribution in [3.05, 3.63) is 11.5 Å². The predicted octanol–water partition coefficient (Wildman–Crippen LogP) is -0.779. The summed E-state index contributed by atoms with van der Waals surface area (Å²) in [6.07, 6.45) is 1.58. The second-order valence-electron chi connectivity index (χ2n) is 2.77. The topological polar surface area (TPSA) is 84.5 Å². The maximum Gasteiger partial charge on any atom is 0.189 e. The van der Waals surface area contributed by atoms with Crippen LogP contribution in [0, 0.1) is 0 Å². The van der Waals surface area contributed by atoms with Crippen molar-refractivity contribution in [2.75, 3.05) is 12.3 Å². The molecule has 0 aromatic carbocycles. The Kier molecular flexibility index (Phi) is 2.92. The molecule has 1 heterocycles. The second-order valence-corrected chi connectivity index (χ2v) is 4.70. The van der Waals surface area contributed by atoms with E-state index in [4.69, 9.17) is 5.73 Å². The molecule has 1 aliphatic rings. The number of nitrogens with zero attached hydrogens (tertiary/aromatic N) is 1. The molecule has 0 fully saturated rings. The van der Waals surface area contributed by atoms with E-state index in [0.717, 1.165) is 0 Å². The Hall–Kier alpha value is -1.04. The molecular weight excluding hydrogens is 190 g/mol. The Bertz CT molecular complexity index is 332. The fourth-order valence-corrected chi connectivity index (χ4v) is 2.31. The van der Waals surface area contributed by atoms with Crippen LogP contribution < -0.4 is 11.1 Å². The van der Waals surface area contributed by atoms with E-state index in [1.54, 1.807) is 6.08 Å². The Morgan fingerprint density at radius 1 is 1.77 bits per heavy atom. The summed E-state index contributed by atoms with van der Waals surface area (Å²) in [5.41, 5.74) is 5.46. The van der Waals surface area contributed by atoms with Crippen molar-refractivity contribution in [1.29, 1.82) is 0 Å². The highest BCUT2D eigenvalue weighted by Gasteiger charge is 2.21. The largest absolute Gasteiger partial charge is 0.370 e. The van der Waals surface area contributed by atoms with Crippen LogP contribution in [0.25, 0.3) is 0 Å². The Labute approximate surface area is 77.6 Å². The smallest absolute Gasteiger partial charge is 0.189 e. The molecular formula is C7H13N3O2S. The van der Waals surface area contributed by atoms with E-state index < -0.39 is 9.84 Å². The minimum atomic E-state index is -3.01. The minimum Gasteiger partial charge on any atom is -0.370 e. The molecule has 6 heteroatoms. The maximum absolute atomic E-state index is 11.0. The van der Waals surface area contributed by atoms with Crippen LogP contribution in [0.1, 0.15) is 6.92 Å². The fourth-order valence-electron chi connectivity index (χ4n) is 1.07. The number of aliphatic imine (C=N–C) groups is 1. The van der Waals surface area contributed by atoms with Gasteiger partial charge < -0.3 is 11.1 Å². The van der Waals surface area contributed by atoms with E-state index in [-0.39, 0.29) is 17.8 Å². The van der Waals surface area contributed by atoms with Crippen LogP contribution in [-0.4, -0.2) is 32.7 Å². The van der Waals surface area contributed by atoms with Gasteiger partial charge in [0.25, 0.3) is 0 Å². The van der Waals surface area contributed by atoms with Gasteiger partial charge in [-0.15, -0.1) is 0 Å². The van der Waals surface area contributed by atoms with Gasteiger partial charge in [0.15, 0.2) is 15.8 Å². The van der Waals surface area contributed by atoms with Gasteiger partial charge in [-0.3, -0.25) is 4.99 Å². The molecule has 0 aliphatic carbocycles. The van der Waals surface area contributed by atoms with Gasteiger partial charge in [-0.1, -0.05) is 0 Å². The SMILES string of the molecule is CCN=C(N)NC1C=CS(=O)(=O)C1. The van der Waals surface area contributed by atoms with Gasteiger partial charge in [0.05, 0.1) is 11.8 Å². The van der Waals surface area contributed by atoms with Crippen molar-refractivity contribution < 1.29 is 8.42 Å². The summed E-state index contributed by atoms with van der Waals surface area (Å²) in [5, 5.41) is 4.00. The van der Waals surface area contributed by atoms with E-state index in [0.29, 0.717) is 6.54 Å². The highest BCUT2D eigenvalue weighted by atomic mass is 32.2. The summed E-state index contributed by atoms with van der Waals surface area (Å²) in [6, 6.07) is -0.236. The molecule has 0 aromatic rings. The molecule has 3 N–H and O–H groups in total. The molecule has 0 aromatic heterocycles. The van der Waals surface area contributed by atoms with Crippen LogP contribution in [0.5, 0.6) is 0 Å². The Balaban J connectivity index is 2.51. The standard InChI is InChI=1S/C7H13N3O2S/c1-2-9-7(8)10-6-3-4-13(11,12)5-6/h3-4,6H,2,5H2,1H3,(H3,8,9,10). The molecule has 0 spiro atoms. The number of hydrogen-bond donors (Lipinski definition) is 2. The molecule has 13 heavy (non-hydrogen) atoms. The average molecular weight is 203 g/mol. The van der Waals surface area contributed by atoms with Gasteiger partial charge in [0.2, 0.25) is 0 Å². The lowest BCUT2D eigenvalue weighted by Crippen LogP contribution is -2.40. The molecule has 0 saturated heterocycles. The van der Waals surface area contributed by atoms with E-state index in [1.165, 1.54) is 5.41 Å². The Morgan fingerprint density at radius 2 is 2.46 bits per heavy atom. The molecule has 0 saturated carbocycles. The van der Waals surface area contributed by atoms with Crippen LogP contribution in [0.2, 0.25) is 0 Å². The molecule has 74 valence electrons. The van der Waals surface area contributed by atoms with Gasteiger partial charge in [-0.2, -0.15) is 0 Å². The van der Waals surface area contributed by atoms with Crippen LogP contribution in [-0.2, 0) is 9.84 Å². The number of hydrogen-bond acceptors (Lipinski definition) is 3. The number of guanidine groups is 1. The average Bonchev–Trinajstić information content (AvgIpc) is 2.30. The number of nitrogens with one attached hydrogen (secondary N) is 1. The van der Waals surface area contributed by atoms with Crippen molar-refractivity contribution in [3.63, 3.8) is 0 Å². The minimum absolute atomic E-state index is 0.0624. The van der Waals surface area contributed by atoms with Gasteiger partial charge in [0.1, 0.15) is 0 Å². The summed E-state index contributed by atoms with van der Waals surface area (Å²) in [5.74, 6) is 0.349. The van der Waals surface area contributed by atoms with Crippen molar-refractivity contribution in [3.8, 4) is 0 Å². The molecule has 0 bridgehead atoms. The predicted molar refractivity (Wildman–Crippen MR) is 52.0 cm³/mol. The first-order valence-corrected chi connectivity index (χ1v) is 5.72. The molecule has 1 rings (SSSR count). The maximum atomic E-state index is 11.0. The van der Waals surface area contributed by atoms with Gasteiger partial charge in [-0.05, 0) is 13.0 Å². The summed E-state index contributed by atoms with van der Waals surface area (Å²) < 4.78 is 21.9. The first-order chi connectivity index (χ1) is 6.03. The van der Waals surface area contributed by atoms with E-state index in [1.807, 2.05) is 6.92 Å². The van der Waals surface area contributed by atoms with E-state index in [9.17, 15) is 8.42 Å². The van der Waals surface area contributed by atoms with Crippen LogP contribution in [0.4, 0.5) is 0 Å². The lowest BCUT2D eigenvalue weighted by atomic mass is 10.3. The summed E-state index contributed by atoms with van der Waals surface area (Å²) in [4.78, 5) is 3.89. The molecule has 1 aliphatic heterocycles. The van der Waals surface area contributed by atoms with Crippen molar-refractivity contribution >= 4 is 15.8 Å². The first kappa shape index (κ1) is 10.0. The van der Waals surface area contributed by atoms with Gasteiger partial charge in [0, 0.05) is 12.0 Å². The van der Waals surface area contributed by atoms with E-state index in [2.05, 4.69) is 10.3 Å². The zero-order valence-electron chi connectivity index (χ0n) is 7.40. The Morgan fingerprint density at radius 3 is 2.92 bits per heavy atom. The van der Waals surface area contributed by atoms with Crippen LogP contribution in [0.15, 0.2) is 16.5 Å². The summed E-state index contributed by atoms with van der Waals surface area (Å²) in [6.45, 7) is 2.44. The van der Waals surface area contributed by atoms with Crippen molar-refractivity contribution in [1.82, 2.24) is 5.32 Å². The van der Waals surface area contributed by atoms with Crippen molar-refractivity contribution in [2.24, 2.45) is 10.7 Å². The molecule has 1 atom stereocenters. The summed E-state index contributed by atoms with van der Waals surface area (Å²) >= 11 is 0. The lowest BCUT2D eigenvalue weighted by molar-refractivity contribution is 0.602. The highest BCUT2D eigenvalue weighted by molar-refractivity contribution is 7.94. The highest BCUT2D eigenvalue weighted by Crippen LogP contribution is 2.07. The van der Waals surface area contributed by atoms with E-state index >= 15 is 0 Å². The third-order valence-electron chi connectivity index (χ3n) is 1.59. The monoisotopic (exact) mass is 203 g/mol. The number of sulfone groups is 1. The van der Waals surface area contributed by atoms with Crippen molar-refractivity contribution in [2.45, 2.75) is 13.0 Å². The first-order valence-electron chi connectivity index (χ1n) is 4.01. The fraction of sp³-hybridized carbons (Fsp3) is 0.571. The van der Waals surface area contributed by atoms with Crippen LogP contribution in [0.3, 0.4) is 0 Å². The number of nitrogens with two attached hydrogens (primary N) is 1. The number of rotatable bonds is 2. The zero-order valence-corrected chi connectivity index (χ0v) is 8.21. The lowest BCUT2D eigenvalue weighted by Gasteiger charge is -2.09. The zero-order chi connectivity index (χ0) is 9.90. The quantitative estimate of drug-likeness (QED) is 0.455. The van der Waals surface area contributed by atoms with Crippen LogP contribution >= 0.6 is 0 Å². The molecule has 0 radical (unpaired) electrons. The third-order valence-corrected chi connectivity index (χ3v) is 2.99. The molecule has 5 nitrogen and oxygen atoms in total. The summed E-state index contributed by atoms with van der Waals surface area (Å²) in [7, 11) is -3.01. The molecule has 1 unspecified atom stereocenters. The third kappa shape index (κ3) is 3.06. The molecule has 0 amide bonds. The van der Waals surface area contributed by atoms with Gasteiger partial charge >= 0.3 is 0 Å². The van der Waals surface area contributed by atoms with Gasteiger partial charge in [-0.25, -0.2) is 8.42 Å².